The Hall–Kier alpha value is -2.07. The van der Waals surface area contributed by atoms with Crippen molar-refractivity contribution >= 4 is 23.2 Å². The summed E-state index contributed by atoms with van der Waals surface area (Å²) in [7, 11) is 0. The predicted molar refractivity (Wildman–Crippen MR) is 65.4 cm³/mol. The van der Waals surface area contributed by atoms with Crippen LogP contribution in [-0.4, -0.2) is 10.9 Å². The van der Waals surface area contributed by atoms with Crippen molar-refractivity contribution in [3.63, 3.8) is 0 Å². The van der Waals surface area contributed by atoms with Crippen LogP contribution in [0.4, 0.5) is 0 Å². The molecule has 3 rings (SSSR count). The lowest BCUT2D eigenvalue weighted by atomic mass is 10.1. The first-order valence-electron chi connectivity index (χ1n) is 5.03. The average molecular weight is 244 g/mol. The molecular formula is C13H8O3S. The summed E-state index contributed by atoms with van der Waals surface area (Å²) in [5, 5.41) is 13.2. The van der Waals surface area contributed by atoms with E-state index in [1.165, 1.54) is 12.1 Å². The third-order valence-electron chi connectivity index (χ3n) is 2.49. The van der Waals surface area contributed by atoms with Gasteiger partial charge in [0.25, 0.3) is 0 Å². The summed E-state index contributed by atoms with van der Waals surface area (Å²) in [6.45, 7) is 0. The van der Waals surface area contributed by atoms with Crippen LogP contribution in [0.3, 0.4) is 0 Å². The van der Waals surface area contributed by atoms with Gasteiger partial charge in [-0.25, -0.2) is 0 Å². The van der Waals surface area contributed by atoms with Crippen LogP contribution < -0.4 is 4.74 Å². The lowest BCUT2D eigenvalue weighted by Gasteiger charge is -1.97. The lowest BCUT2D eigenvalue weighted by molar-refractivity contribution is 0.101. The second-order valence-corrected chi connectivity index (χ2v) is 4.46. The Morgan fingerprint density at radius 3 is 2.94 bits per heavy atom. The molecule has 0 aliphatic carbocycles. The highest BCUT2D eigenvalue weighted by Crippen LogP contribution is 2.34. The third-order valence-corrected chi connectivity index (χ3v) is 3.20. The summed E-state index contributed by atoms with van der Waals surface area (Å²) in [5.74, 6) is 0.653. The molecule has 0 radical (unpaired) electrons. The minimum atomic E-state index is -0.147. The van der Waals surface area contributed by atoms with E-state index in [-0.39, 0.29) is 11.5 Å². The van der Waals surface area contributed by atoms with Gasteiger partial charge in [0.05, 0.1) is 5.56 Å². The van der Waals surface area contributed by atoms with Crippen molar-refractivity contribution in [3.05, 3.63) is 51.9 Å². The number of carbonyl (C=O) groups is 1. The minimum Gasteiger partial charge on any atom is -0.508 e. The minimum absolute atomic E-state index is 0.0910. The largest absolute Gasteiger partial charge is 0.508 e. The van der Waals surface area contributed by atoms with Gasteiger partial charge in [0.2, 0.25) is 5.78 Å². The Morgan fingerprint density at radius 1 is 1.29 bits per heavy atom. The number of thiophene rings is 1. The normalized spacial score (nSPS) is 16.0. The summed E-state index contributed by atoms with van der Waals surface area (Å²) in [5.41, 5.74) is 1.43. The second kappa shape index (κ2) is 3.75. The van der Waals surface area contributed by atoms with Crippen molar-refractivity contribution in [1.29, 1.82) is 0 Å². The molecule has 1 N–H and O–H groups in total. The zero-order valence-corrected chi connectivity index (χ0v) is 9.53. The number of Topliss-reactive ketones (excluding diaryl/α,β-unsaturated/α-hetero) is 1. The van der Waals surface area contributed by atoms with Gasteiger partial charge in [-0.2, -0.15) is 11.3 Å². The molecule has 1 aromatic carbocycles. The van der Waals surface area contributed by atoms with Crippen LogP contribution in [-0.2, 0) is 0 Å². The molecule has 0 saturated heterocycles. The molecule has 0 unspecified atom stereocenters. The molecule has 3 nitrogen and oxygen atoms in total. The Kier molecular flexibility index (Phi) is 2.23. The molecule has 0 amide bonds. The van der Waals surface area contributed by atoms with Crippen molar-refractivity contribution in [1.82, 2.24) is 0 Å². The fourth-order valence-corrected chi connectivity index (χ4v) is 2.30. The molecular weight excluding hydrogens is 236 g/mol. The highest BCUT2D eigenvalue weighted by Gasteiger charge is 2.27. The molecule has 1 aliphatic heterocycles. The van der Waals surface area contributed by atoms with Crippen LogP contribution in [0.5, 0.6) is 11.5 Å². The van der Waals surface area contributed by atoms with Crippen molar-refractivity contribution in [2.75, 3.05) is 0 Å². The Bertz CT molecular complexity index is 612. The summed E-state index contributed by atoms with van der Waals surface area (Å²) in [4.78, 5) is 12.0. The Balaban J connectivity index is 2.02. The topological polar surface area (TPSA) is 46.5 Å². The number of fused-ring (bicyclic) bond motifs is 1. The molecule has 0 saturated carbocycles. The molecule has 17 heavy (non-hydrogen) atoms. The van der Waals surface area contributed by atoms with Crippen molar-refractivity contribution in [2.45, 2.75) is 0 Å². The molecule has 0 fully saturated rings. The van der Waals surface area contributed by atoms with Crippen LogP contribution in [0.15, 0.2) is 40.8 Å². The van der Waals surface area contributed by atoms with E-state index in [1.54, 1.807) is 23.5 Å². The monoisotopic (exact) mass is 244 g/mol. The molecule has 0 spiro atoms. The lowest BCUT2D eigenvalue weighted by Crippen LogP contribution is -1.97. The Morgan fingerprint density at radius 2 is 2.18 bits per heavy atom. The highest BCUT2D eigenvalue weighted by atomic mass is 32.1. The number of ketones is 1. The zero-order chi connectivity index (χ0) is 11.8. The SMILES string of the molecule is O=C1/C(=C/c2ccsc2)Oc2cc(O)ccc21. The fourth-order valence-electron chi connectivity index (χ4n) is 1.68. The van der Waals surface area contributed by atoms with Crippen LogP contribution in [0.25, 0.3) is 6.08 Å². The molecule has 1 aromatic heterocycles. The number of ether oxygens (including phenoxy) is 1. The summed E-state index contributed by atoms with van der Waals surface area (Å²) >= 11 is 1.56. The van der Waals surface area contributed by atoms with Gasteiger partial charge in [-0.05, 0) is 40.6 Å². The number of carbonyl (C=O) groups excluding carboxylic acids is 1. The molecule has 0 bridgehead atoms. The van der Waals surface area contributed by atoms with Gasteiger partial charge in [0.1, 0.15) is 11.5 Å². The molecule has 84 valence electrons. The van der Waals surface area contributed by atoms with E-state index in [4.69, 9.17) is 4.74 Å². The molecule has 1 aliphatic rings. The molecule has 2 aromatic rings. The van der Waals surface area contributed by atoms with E-state index in [1.807, 2.05) is 16.8 Å². The van der Waals surface area contributed by atoms with Crippen LogP contribution >= 0.6 is 11.3 Å². The molecule has 0 atom stereocenters. The number of hydrogen-bond acceptors (Lipinski definition) is 4. The first-order chi connectivity index (χ1) is 8.24. The second-order valence-electron chi connectivity index (χ2n) is 3.68. The third kappa shape index (κ3) is 1.72. The van der Waals surface area contributed by atoms with E-state index < -0.39 is 0 Å². The van der Waals surface area contributed by atoms with Crippen molar-refractivity contribution < 1.29 is 14.6 Å². The quantitative estimate of drug-likeness (QED) is 0.784. The van der Waals surface area contributed by atoms with Crippen LogP contribution in [0.2, 0.25) is 0 Å². The molecule has 2 heterocycles. The maximum Gasteiger partial charge on any atom is 0.231 e. The van der Waals surface area contributed by atoms with Gasteiger partial charge in [0, 0.05) is 6.07 Å². The highest BCUT2D eigenvalue weighted by molar-refractivity contribution is 7.08. The first-order valence-corrected chi connectivity index (χ1v) is 5.98. The number of hydrogen-bond donors (Lipinski definition) is 1. The van der Waals surface area contributed by atoms with Crippen molar-refractivity contribution in [2.24, 2.45) is 0 Å². The van der Waals surface area contributed by atoms with Crippen LogP contribution in [0.1, 0.15) is 15.9 Å². The summed E-state index contributed by atoms with van der Waals surface area (Å²) in [6.07, 6.45) is 1.70. The van der Waals surface area contributed by atoms with E-state index in [0.29, 0.717) is 17.1 Å². The average Bonchev–Trinajstić information content (AvgIpc) is 2.89. The maximum absolute atomic E-state index is 12.0. The fraction of sp³-hybridized carbons (Fsp3) is 0. The van der Waals surface area contributed by atoms with Gasteiger partial charge < -0.3 is 9.84 Å². The summed E-state index contributed by atoms with van der Waals surface area (Å²) < 4.78 is 5.43. The van der Waals surface area contributed by atoms with E-state index in [9.17, 15) is 9.90 Å². The van der Waals surface area contributed by atoms with E-state index in [0.717, 1.165) is 5.56 Å². The van der Waals surface area contributed by atoms with Gasteiger partial charge >= 0.3 is 0 Å². The van der Waals surface area contributed by atoms with Gasteiger partial charge in [-0.1, -0.05) is 0 Å². The summed E-state index contributed by atoms with van der Waals surface area (Å²) in [6, 6.07) is 6.41. The first kappa shape index (κ1) is 10.1. The number of allylic oxidation sites excluding steroid dienone is 1. The van der Waals surface area contributed by atoms with E-state index in [2.05, 4.69) is 0 Å². The smallest absolute Gasteiger partial charge is 0.231 e. The number of phenolic OH excluding ortho intramolecular Hbond substituents is 1. The zero-order valence-electron chi connectivity index (χ0n) is 8.71. The maximum atomic E-state index is 12.0. The van der Waals surface area contributed by atoms with Gasteiger partial charge in [0.15, 0.2) is 5.76 Å². The van der Waals surface area contributed by atoms with Crippen molar-refractivity contribution in [3.8, 4) is 11.5 Å². The predicted octanol–water partition coefficient (Wildman–Crippen LogP) is 3.07. The number of rotatable bonds is 1. The number of phenols is 1. The van der Waals surface area contributed by atoms with Crippen LogP contribution in [0, 0.1) is 0 Å². The van der Waals surface area contributed by atoms with Gasteiger partial charge in [-0.15, -0.1) is 0 Å². The number of aromatic hydroxyl groups is 1. The Labute approximate surface area is 102 Å². The van der Waals surface area contributed by atoms with Gasteiger partial charge in [-0.3, -0.25) is 4.79 Å². The van der Waals surface area contributed by atoms with E-state index >= 15 is 0 Å². The number of benzene rings is 1. The standard InChI is InChI=1S/C13H8O3S/c14-9-1-2-10-11(6-9)16-12(13(10)15)5-8-3-4-17-7-8/h1-7,14H/b12-5-. The molecule has 4 heteroatoms.